The van der Waals surface area contributed by atoms with Gasteiger partial charge in [-0.05, 0) is 51.1 Å². The van der Waals surface area contributed by atoms with E-state index in [0.29, 0.717) is 24.0 Å². The van der Waals surface area contributed by atoms with E-state index in [1.807, 2.05) is 12.5 Å². The first-order chi connectivity index (χ1) is 9.84. The molecule has 1 aliphatic heterocycles. The van der Waals surface area contributed by atoms with Gasteiger partial charge in [0, 0.05) is 18.8 Å². The first kappa shape index (κ1) is 16.5. The van der Waals surface area contributed by atoms with E-state index in [1.165, 1.54) is 18.5 Å². The van der Waals surface area contributed by atoms with Gasteiger partial charge in [0.1, 0.15) is 0 Å². The lowest BCUT2D eigenvalue weighted by Crippen LogP contribution is -2.43. The van der Waals surface area contributed by atoms with Crippen LogP contribution in [0.5, 0.6) is 0 Å². The Morgan fingerprint density at radius 2 is 1.90 bits per heavy atom. The lowest BCUT2D eigenvalue weighted by molar-refractivity contribution is 0.0818. The van der Waals surface area contributed by atoms with Gasteiger partial charge in [0.05, 0.1) is 18.1 Å². The van der Waals surface area contributed by atoms with Crippen molar-refractivity contribution in [2.45, 2.75) is 59.5 Å². The van der Waals surface area contributed by atoms with Crippen molar-refractivity contribution < 1.29 is 0 Å². The number of likely N-dealkylation sites (tertiary alicyclic amines) is 1. The van der Waals surface area contributed by atoms with Gasteiger partial charge in [-0.1, -0.05) is 20.8 Å². The monoisotopic (exact) mass is 292 g/mol. The fourth-order valence-corrected chi connectivity index (χ4v) is 3.54. The summed E-state index contributed by atoms with van der Waals surface area (Å²) in [6.07, 6.45) is 6.48. The Balaban J connectivity index is 2.08. The normalized spacial score (nSPS) is 20.1. The summed E-state index contributed by atoms with van der Waals surface area (Å²) in [5.41, 5.74) is 7.79. The first-order valence-electron chi connectivity index (χ1n) is 8.30. The molecule has 1 aliphatic rings. The Kier molecular flexibility index (Phi) is 5.10. The average molecular weight is 292 g/mol. The molecule has 1 aromatic heterocycles. The van der Waals surface area contributed by atoms with Gasteiger partial charge in [0.15, 0.2) is 0 Å². The molecule has 2 heterocycles. The molecule has 0 bridgehead atoms. The Hall–Kier alpha value is -0.870. The van der Waals surface area contributed by atoms with Crippen LogP contribution in [-0.2, 0) is 0 Å². The summed E-state index contributed by atoms with van der Waals surface area (Å²) in [6.45, 7) is 14.4. The number of hydrogen-bond acceptors (Lipinski definition) is 3. The molecule has 1 saturated heterocycles. The maximum atomic E-state index is 6.10. The van der Waals surface area contributed by atoms with Crippen molar-refractivity contribution in [1.82, 2.24) is 14.5 Å². The number of imidazole rings is 1. The van der Waals surface area contributed by atoms with Crippen LogP contribution in [-0.4, -0.2) is 34.1 Å². The molecule has 2 rings (SSSR count). The summed E-state index contributed by atoms with van der Waals surface area (Å²) in [6, 6.07) is 0.736. The molecule has 120 valence electrons. The van der Waals surface area contributed by atoms with Crippen molar-refractivity contribution in [2.24, 2.45) is 17.1 Å². The number of hydrogen-bond donors (Lipinski definition) is 1. The van der Waals surface area contributed by atoms with Crippen LogP contribution >= 0.6 is 0 Å². The van der Waals surface area contributed by atoms with Crippen LogP contribution in [0.1, 0.15) is 65.2 Å². The summed E-state index contributed by atoms with van der Waals surface area (Å²) >= 11 is 0. The van der Waals surface area contributed by atoms with Gasteiger partial charge in [-0.25, -0.2) is 4.98 Å². The fraction of sp³-hybridized carbons (Fsp3) is 0.824. The highest BCUT2D eigenvalue weighted by molar-refractivity contribution is 5.08. The molecule has 0 spiro atoms. The molecule has 0 aliphatic carbocycles. The number of rotatable bonds is 4. The van der Waals surface area contributed by atoms with Crippen molar-refractivity contribution in [2.75, 3.05) is 19.6 Å². The van der Waals surface area contributed by atoms with Crippen LogP contribution in [0.25, 0.3) is 0 Å². The van der Waals surface area contributed by atoms with Crippen LogP contribution in [0.4, 0.5) is 0 Å². The maximum absolute atomic E-state index is 6.10. The lowest BCUT2D eigenvalue weighted by Gasteiger charge is -2.41. The largest absolute Gasteiger partial charge is 0.331 e. The second-order valence-electron chi connectivity index (χ2n) is 7.75. The third-order valence-electron chi connectivity index (χ3n) is 5.01. The molecule has 4 nitrogen and oxygen atoms in total. The van der Waals surface area contributed by atoms with Gasteiger partial charge in [-0.3, -0.25) is 4.90 Å². The van der Waals surface area contributed by atoms with E-state index < -0.39 is 0 Å². The molecular weight excluding hydrogens is 260 g/mol. The molecular formula is C17H32N4. The third kappa shape index (κ3) is 3.67. The van der Waals surface area contributed by atoms with E-state index in [1.54, 1.807) is 0 Å². The predicted molar refractivity (Wildman–Crippen MR) is 88.2 cm³/mol. The molecule has 1 aromatic rings. The standard InChI is InChI=1S/C17H32N4/c1-13(2)21-12-19-11-16(21)15(10-18)20-8-6-14(7-9-20)17(3,4)5/h11-15H,6-10,18H2,1-5H3. The fourth-order valence-electron chi connectivity index (χ4n) is 3.54. The van der Waals surface area contributed by atoms with E-state index in [-0.39, 0.29) is 0 Å². The summed E-state index contributed by atoms with van der Waals surface area (Å²) in [7, 11) is 0. The zero-order valence-electron chi connectivity index (χ0n) is 14.3. The zero-order valence-corrected chi connectivity index (χ0v) is 14.3. The molecule has 1 fully saturated rings. The molecule has 2 N–H and O–H groups in total. The van der Waals surface area contributed by atoms with Gasteiger partial charge in [0.25, 0.3) is 0 Å². The van der Waals surface area contributed by atoms with Crippen molar-refractivity contribution in [3.05, 3.63) is 18.2 Å². The molecule has 1 atom stereocenters. The minimum Gasteiger partial charge on any atom is -0.331 e. The Labute approximate surface area is 129 Å². The predicted octanol–water partition coefficient (Wildman–Crippen LogP) is 3.22. The number of piperidine rings is 1. The SMILES string of the molecule is CC(C)n1cncc1C(CN)N1CCC(C(C)(C)C)CC1. The number of aromatic nitrogens is 2. The Morgan fingerprint density at radius 3 is 2.38 bits per heavy atom. The summed E-state index contributed by atoms with van der Waals surface area (Å²) < 4.78 is 2.26. The highest BCUT2D eigenvalue weighted by atomic mass is 15.2. The van der Waals surface area contributed by atoms with Crippen molar-refractivity contribution in [3.8, 4) is 0 Å². The van der Waals surface area contributed by atoms with Gasteiger partial charge in [-0.15, -0.1) is 0 Å². The van der Waals surface area contributed by atoms with Gasteiger partial charge in [-0.2, -0.15) is 0 Å². The van der Waals surface area contributed by atoms with Crippen molar-refractivity contribution in [1.29, 1.82) is 0 Å². The molecule has 4 heteroatoms. The molecule has 1 unspecified atom stereocenters. The van der Waals surface area contributed by atoms with Gasteiger partial charge < -0.3 is 10.3 Å². The van der Waals surface area contributed by atoms with E-state index in [4.69, 9.17) is 5.73 Å². The molecule has 0 aromatic carbocycles. The van der Waals surface area contributed by atoms with E-state index >= 15 is 0 Å². The second-order valence-corrected chi connectivity index (χ2v) is 7.75. The quantitative estimate of drug-likeness (QED) is 0.927. The molecule has 0 radical (unpaired) electrons. The van der Waals surface area contributed by atoms with Gasteiger partial charge >= 0.3 is 0 Å². The summed E-state index contributed by atoms with van der Waals surface area (Å²) in [5.74, 6) is 0.821. The van der Waals surface area contributed by atoms with E-state index in [2.05, 4.69) is 49.1 Å². The van der Waals surface area contributed by atoms with Crippen LogP contribution in [0.15, 0.2) is 12.5 Å². The van der Waals surface area contributed by atoms with E-state index in [9.17, 15) is 0 Å². The van der Waals surface area contributed by atoms with Crippen molar-refractivity contribution in [3.63, 3.8) is 0 Å². The first-order valence-corrected chi connectivity index (χ1v) is 8.30. The molecule has 0 amide bonds. The summed E-state index contributed by atoms with van der Waals surface area (Å²) in [5, 5.41) is 0. The van der Waals surface area contributed by atoms with Crippen LogP contribution in [0.2, 0.25) is 0 Å². The molecule has 0 saturated carbocycles. The topological polar surface area (TPSA) is 47.1 Å². The van der Waals surface area contributed by atoms with Gasteiger partial charge in [0.2, 0.25) is 0 Å². The Morgan fingerprint density at radius 1 is 1.29 bits per heavy atom. The van der Waals surface area contributed by atoms with Crippen LogP contribution in [0.3, 0.4) is 0 Å². The van der Waals surface area contributed by atoms with E-state index in [0.717, 1.165) is 19.0 Å². The van der Waals surface area contributed by atoms with Crippen molar-refractivity contribution >= 4 is 0 Å². The highest BCUT2D eigenvalue weighted by Gasteiger charge is 2.32. The average Bonchev–Trinajstić information content (AvgIpc) is 2.88. The maximum Gasteiger partial charge on any atom is 0.0951 e. The number of nitrogens with two attached hydrogens (primary N) is 1. The summed E-state index contributed by atoms with van der Waals surface area (Å²) in [4.78, 5) is 6.90. The minimum absolute atomic E-state index is 0.302. The van der Waals surface area contributed by atoms with Crippen LogP contribution < -0.4 is 5.73 Å². The smallest absolute Gasteiger partial charge is 0.0951 e. The zero-order chi connectivity index (χ0) is 15.6. The molecule has 21 heavy (non-hydrogen) atoms. The third-order valence-corrected chi connectivity index (χ3v) is 5.01. The lowest BCUT2D eigenvalue weighted by atomic mass is 9.75. The number of nitrogens with zero attached hydrogens (tertiary/aromatic N) is 3. The van der Waals surface area contributed by atoms with Crippen LogP contribution in [0, 0.1) is 11.3 Å². The Bertz CT molecular complexity index is 436. The highest BCUT2D eigenvalue weighted by Crippen LogP contribution is 2.36. The second kappa shape index (κ2) is 6.49. The minimum atomic E-state index is 0.302.